The molecule has 0 spiro atoms. The first-order valence-corrected chi connectivity index (χ1v) is 10.2. The molecule has 0 aromatic heterocycles. The van der Waals surface area contributed by atoms with Crippen molar-refractivity contribution in [2.45, 2.75) is 31.2 Å². The lowest BCUT2D eigenvalue weighted by molar-refractivity contribution is 0.0920. The summed E-state index contributed by atoms with van der Waals surface area (Å²) in [5.74, 6) is 0.779. The molecule has 2 nitrogen and oxygen atoms in total. The second-order valence-corrected chi connectivity index (χ2v) is 8.41. The second-order valence-electron chi connectivity index (χ2n) is 8.41. The molecular weight excluding hydrogens is 413 g/mol. The van der Waals surface area contributed by atoms with Crippen LogP contribution >= 0.6 is 24.8 Å². The Bertz CT molecular complexity index is 818. The van der Waals surface area contributed by atoms with E-state index < -0.39 is 0 Å². The van der Waals surface area contributed by atoms with Crippen LogP contribution in [0.25, 0.3) is 0 Å². The van der Waals surface area contributed by atoms with Gasteiger partial charge in [-0.05, 0) is 66.1 Å². The first-order valence-electron chi connectivity index (χ1n) is 10.2. The number of fused-ring (bicyclic) bond motifs is 1. The number of piperazine rings is 1. The zero-order valence-corrected chi connectivity index (χ0v) is 18.0. The molecule has 2 fully saturated rings. The molecule has 3 aliphatic rings. The van der Waals surface area contributed by atoms with E-state index in [-0.39, 0.29) is 48.4 Å². The van der Waals surface area contributed by atoms with Crippen molar-refractivity contribution in [3.05, 3.63) is 70.8 Å². The summed E-state index contributed by atoms with van der Waals surface area (Å²) in [5, 5.41) is 0. The number of rotatable bonds is 4. The number of nitrogens with zero attached hydrogens (tertiary/aromatic N) is 2. The zero-order chi connectivity index (χ0) is 18.4. The standard InChI is InChI=1S/C23H26F2N2.2ClH/c24-18-5-3-17(4-6-18)21-14-23(22-13-19(25)7-8-20(21)22)27-11-9-26(10-12-27)15-16-1-2-16;;/h3-8,13,16,21,23H,1-2,9-12,14-15H2;2*1H. The van der Waals surface area contributed by atoms with Crippen LogP contribution < -0.4 is 0 Å². The minimum Gasteiger partial charge on any atom is -0.301 e. The van der Waals surface area contributed by atoms with E-state index in [9.17, 15) is 8.78 Å². The Hall–Kier alpha value is -1.20. The first-order chi connectivity index (χ1) is 13.2. The van der Waals surface area contributed by atoms with Crippen LogP contribution in [-0.4, -0.2) is 42.5 Å². The highest BCUT2D eigenvalue weighted by molar-refractivity contribution is 5.85. The molecule has 2 aromatic carbocycles. The summed E-state index contributed by atoms with van der Waals surface area (Å²) in [6, 6.07) is 12.3. The van der Waals surface area contributed by atoms with E-state index in [1.54, 1.807) is 12.1 Å². The minimum atomic E-state index is -0.209. The summed E-state index contributed by atoms with van der Waals surface area (Å²) < 4.78 is 27.4. The van der Waals surface area contributed by atoms with Gasteiger partial charge in [0, 0.05) is 44.7 Å². The van der Waals surface area contributed by atoms with Crippen LogP contribution in [0, 0.1) is 17.6 Å². The largest absolute Gasteiger partial charge is 0.301 e. The summed E-state index contributed by atoms with van der Waals surface area (Å²) in [4.78, 5) is 5.12. The van der Waals surface area contributed by atoms with E-state index in [4.69, 9.17) is 0 Å². The maximum atomic E-state index is 14.0. The first kappa shape index (κ1) is 22.5. The maximum absolute atomic E-state index is 14.0. The Morgan fingerprint density at radius 1 is 0.793 bits per heavy atom. The van der Waals surface area contributed by atoms with Crippen molar-refractivity contribution in [2.75, 3.05) is 32.7 Å². The summed E-state index contributed by atoms with van der Waals surface area (Å²) in [5.41, 5.74) is 3.45. The van der Waals surface area contributed by atoms with Gasteiger partial charge in [-0.1, -0.05) is 18.2 Å². The molecule has 0 amide bonds. The van der Waals surface area contributed by atoms with Gasteiger partial charge in [-0.3, -0.25) is 4.90 Å². The SMILES string of the molecule is Cl.Cl.Fc1ccc(C2CC(N3CCN(CC4CC4)CC3)c3cc(F)ccc32)cc1. The van der Waals surface area contributed by atoms with Crippen molar-refractivity contribution in [1.29, 1.82) is 0 Å². The summed E-state index contributed by atoms with van der Waals surface area (Å²) >= 11 is 0. The number of halogens is 4. The van der Waals surface area contributed by atoms with Crippen molar-refractivity contribution < 1.29 is 8.78 Å². The Morgan fingerprint density at radius 3 is 2.10 bits per heavy atom. The molecule has 2 atom stereocenters. The zero-order valence-electron chi connectivity index (χ0n) is 16.4. The Kier molecular flexibility index (Phi) is 7.21. The average Bonchev–Trinajstić information content (AvgIpc) is 3.42. The van der Waals surface area contributed by atoms with Gasteiger partial charge in [-0.2, -0.15) is 0 Å². The van der Waals surface area contributed by atoms with Crippen molar-refractivity contribution in [2.24, 2.45) is 5.92 Å². The van der Waals surface area contributed by atoms with Gasteiger partial charge in [0.15, 0.2) is 0 Å². The van der Waals surface area contributed by atoms with Gasteiger partial charge in [0.2, 0.25) is 0 Å². The monoisotopic (exact) mass is 440 g/mol. The van der Waals surface area contributed by atoms with E-state index in [1.165, 1.54) is 37.1 Å². The normalized spacial score (nSPS) is 24.5. The lowest BCUT2D eigenvalue weighted by atomic mass is 9.93. The van der Waals surface area contributed by atoms with Crippen LogP contribution in [0.15, 0.2) is 42.5 Å². The van der Waals surface area contributed by atoms with E-state index in [0.29, 0.717) is 0 Å². The fourth-order valence-corrected chi connectivity index (χ4v) is 4.91. The van der Waals surface area contributed by atoms with Crippen LogP contribution in [-0.2, 0) is 0 Å². The van der Waals surface area contributed by atoms with Crippen LogP contribution in [0.3, 0.4) is 0 Å². The van der Waals surface area contributed by atoms with Crippen molar-refractivity contribution in [3.8, 4) is 0 Å². The van der Waals surface area contributed by atoms with E-state index in [1.807, 2.05) is 18.2 Å². The summed E-state index contributed by atoms with van der Waals surface area (Å²) in [6.45, 7) is 5.56. The van der Waals surface area contributed by atoms with E-state index in [2.05, 4.69) is 9.80 Å². The van der Waals surface area contributed by atoms with Crippen molar-refractivity contribution in [3.63, 3.8) is 0 Å². The number of hydrogen-bond donors (Lipinski definition) is 0. The molecule has 0 N–H and O–H groups in total. The van der Waals surface area contributed by atoms with Crippen LogP contribution in [0.1, 0.15) is 47.9 Å². The smallest absolute Gasteiger partial charge is 0.123 e. The highest BCUT2D eigenvalue weighted by Gasteiger charge is 2.37. The van der Waals surface area contributed by atoms with E-state index in [0.717, 1.165) is 49.6 Å². The lowest BCUT2D eigenvalue weighted by Gasteiger charge is -2.38. The molecule has 6 heteroatoms. The fraction of sp³-hybridized carbons (Fsp3) is 0.478. The molecule has 2 unspecified atom stereocenters. The molecule has 29 heavy (non-hydrogen) atoms. The highest BCUT2D eigenvalue weighted by Crippen LogP contribution is 2.47. The van der Waals surface area contributed by atoms with Gasteiger partial charge in [-0.15, -0.1) is 24.8 Å². The number of hydrogen-bond acceptors (Lipinski definition) is 2. The third-order valence-electron chi connectivity index (χ3n) is 6.58. The molecule has 1 aliphatic heterocycles. The molecule has 1 heterocycles. The van der Waals surface area contributed by atoms with Gasteiger partial charge in [0.25, 0.3) is 0 Å². The highest BCUT2D eigenvalue weighted by atomic mass is 35.5. The lowest BCUT2D eigenvalue weighted by Crippen LogP contribution is -2.47. The summed E-state index contributed by atoms with van der Waals surface area (Å²) in [6.07, 6.45) is 3.75. The van der Waals surface area contributed by atoms with Gasteiger partial charge in [0.05, 0.1) is 0 Å². The topological polar surface area (TPSA) is 6.48 Å². The molecule has 0 bridgehead atoms. The molecular formula is C23H28Cl2F2N2. The second kappa shape index (κ2) is 9.30. The minimum absolute atomic E-state index is 0. The fourth-order valence-electron chi connectivity index (χ4n) is 4.91. The van der Waals surface area contributed by atoms with Crippen LogP contribution in [0.5, 0.6) is 0 Å². The summed E-state index contributed by atoms with van der Waals surface area (Å²) in [7, 11) is 0. The molecule has 5 rings (SSSR count). The van der Waals surface area contributed by atoms with Crippen molar-refractivity contribution in [1.82, 2.24) is 9.80 Å². The quantitative estimate of drug-likeness (QED) is 0.626. The molecule has 2 aliphatic carbocycles. The third kappa shape index (κ3) is 4.77. The predicted octanol–water partition coefficient (Wildman–Crippen LogP) is 5.41. The Balaban J connectivity index is 0.00000120. The van der Waals surface area contributed by atoms with Gasteiger partial charge in [-0.25, -0.2) is 8.78 Å². The molecule has 1 saturated heterocycles. The molecule has 2 aromatic rings. The number of benzene rings is 2. The van der Waals surface area contributed by atoms with Crippen molar-refractivity contribution >= 4 is 24.8 Å². The predicted molar refractivity (Wildman–Crippen MR) is 117 cm³/mol. The van der Waals surface area contributed by atoms with Gasteiger partial charge >= 0.3 is 0 Å². The van der Waals surface area contributed by atoms with Gasteiger partial charge in [0.1, 0.15) is 11.6 Å². The van der Waals surface area contributed by atoms with Crippen LogP contribution in [0.4, 0.5) is 8.78 Å². The van der Waals surface area contributed by atoms with E-state index >= 15 is 0 Å². The molecule has 0 radical (unpaired) electrons. The molecule has 158 valence electrons. The molecule has 1 saturated carbocycles. The third-order valence-corrected chi connectivity index (χ3v) is 6.58. The average molecular weight is 441 g/mol. The Labute approximate surface area is 184 Å². The van der Waals surface area contributed by atoms with Crippen LogP contribution in [0.2, 0.25) is 0 Å². The van der Waals surface area contributed by atoms with Gasteiger partial charge < -0.3 is 4.90 Å². The Morgan fingerprint density at radius 2 is 1.45 bits per heavy atom. The maximum Gasteiger partial charge on any atom is 0.123 e.